The molecule has 0 bridgehead atoms. The van der Waals surface area contributed by atoms with Crippen LogP contribution in [0.5, 0.6) is 0 Å². The van der Waals surface area contributed by atoms with Gasteiger partial charge in [-0.1, -0.05) is 6.42 Å². The summed E-state index contributed by atoms with van der Waals surface area (Å²) in [5.74, 6) is 0.208. The van der Waals surface area contributed by atoms with Crippen molar-refractivity contribution >= 4 is 11.9 Å². The van der Waals surface area contributed by atoms with Crippen molar-refractivity contribution in [1.29, 1.82) is 0 Å². The highest BCUT2D eigenvalue weighted by Crippen LogP contribution is 2.11. The van der Waals surface area contributed by atoms with Crippen molar-refractivity contribution in [1.82, 2.24) is 10.6 Å². The molecule has 104 valence electrons. The Morgan fingerprint density at radius 3 is 2.61 bits per heavy atom. The van der Waals surface area contributed by atoms with Crippen LogP contribution in [-0.4, -0.2) is 38.6 Å². The predicted octanol–water partition coefficient (Wildman–Crippen LogP) is 0.836. The molecule has 1 aliphatic rings. The molecule has 0 unspecified atom stereocenters. The SMILES string of the molecule is COC(=O)CCCCCNC(=O)C1CCNCC1. The van der Waals surface area contributed by atoms with Crippen molar-refractivity contribution in [3.8, 4) is 0 Å². The summed E-state index contributed by atoms with van der Waals surface area (Å²) < 4.78 is 4.56. The molecular weight excluding hydrogens is 232 g/mol. The van der Waals surface area contributed by atoms with Crippen LogP contribution in [-0.2, 0) is 14.3 Å². The number of unbranched alkanes of at least 4 members (excludes halogenated alkanes) is 2. The van der Waals surface area contributed by atoms with E-state index in [0.717, 1.165) is 45.2 Å². The zero-order chi connectivity index (χ0) is 13.2. The van der Waals surface area contributed by atoms with Crippen LogP contribution in [0.2, 0.25) is 0 Å². The molecule has 18 heavy (non-hydrogen) atoms. The fourth-order valence-corrected chi connectivity index (χ4v) is 2.11. The maximum Gasteiger partial charge on any atom is 0.305 e. The van der Waals surface area contributed by atoms with Crippen LogP contribution in [0.15, 0.2) is 0 Å². The van der Waals surface area contributed by atoms with E-state index >= 15 is 0 Å². The molecule has 0 aliphatic carbocycles. The number of methoxy groups -OCH3 is 1. The van der Waals surface area contributed by atoms with Crippen LogP contribution in [0, 0.1) is 5.92 Å². The van der Waals surface area contributed by atoms with E-state index in [9.17, 15) is 9.59 Å². The minimum absolute atomic E-state index is 0.159. The summed E-state index contributed by atoms with van der Waals surface area (Å²) in [7, 11) is 1.40. The lowest BCUT2D eigenvalue weighted by atomic mass is 9.97. The molecule has 1 heterocycles. The second kappa shape index (κ2) is 8.91. The molecule has 0 atom stereocenters. The highest BCUT2D eigenvalue weighted by molar-refractivity contribution is 5.78. The van der Waals surface area contributed by atoms with Gasteiger partial charge in [0, 0.05) is 18.9 Å². The van der Waals surface area contributed by atoms with Crippen LogP contribution in [0.1, 0.15) is 38.5 Å². The van der Waals surface area contributed by atoms with Crippen LogP contribution < -0.4 is 10.6 Å². The summed E-state index contributed by atoms with van der Waals surface area (Å²) >= 11 is 0. The second-order valence-electron chi connectivity index (χ2n) is 4.70. The number of ether oxygens (including phenoxy) is 1. The van der Waals surface area contributed by atoms with Gasteiger partial charge in [-0.3, -0.25) is 9.59 Å². The lowest BCUT2D eigenvalue weighted by Gasteiger charge is -2.21. The number of carbonyl (C=O) groups is 2. The normalized spacial score (nSPS) is 16.3. The Kier molecular flexibility index (Phi) is 7.41. The Hall–Kier alpha value is -1.10. The molecule has 0 aromatic rings. The summed E-state index contributed by atoms with van der Waals surface area (Å²) in [5.41, 5.74) is 0. The van der Waals surface area contributed by atoms with E-state index in [-0.39, 0.29) is 17.8 Å². The van der Waals surface area contributed by atoms with E-state index in [2.05, 4.69) is 15.4 Å². The first-order valence-corrected chi connectivity index (χ1v) is 6.79. The molecule has 1 amide bonds. The largest absolute Gasteiger partial charge is 0.469 e. The maximum absolute atomic E-state index is 11.8. The van der Waals surface area contributed by atoms with Gasteiger partial charge in [0.15, 0.2) is 0 Å². The van der Waals surface area contributed by atoms with Gasteiger partial charge in [0.05, 0.1) is 7.11 Å². The monoisotopic (exact) mass is 256 g/mol. The first-order chi connectivity index (χ1) is 8.74. The van der Waals surface area contributed by atoms with Crippen LogP contribution >= 0.6 is 0 Å². The van der Waals surface area contributed by atoms with Gasteiger partial charge < -0.3 is 15.4 Å². The average molecular weight is 256 g/mol. The number of rotatable bonds is 7. The summed E-state index contributed by atoms with van der Waals surface area (Å²) in [5, 5.41) is 6.22. The van der Waals surface area contributed by atoms with Crippen LogP contribution in [0.25, 0.3) is 0 Å². The first kappa shape index (κ1) is 15.0. The van der Waals surface area contributed by atoms with E-state index in [1.807, 2.05) is 0 Å². The minimum atomic E-state index is -0.159. The third-order valence-corrected chi connectivity index (χ3v) is 3.29. The van der Waals surface area contributed by atoms with Crippen molar-refractivity contribution in [3.63, 3.8) is 0 Å². The summed E-state index contributed by atoms with van der Waals surface area (Å²) in [6.07, 6.45) is 5.05. The van der Waals surface area contributed by atoms with Crippen molar-refractivity contribution in [3.05, 3.63) is 0 Å². The zero-order valence-corrected chi connectivity index (χ0v) is 11.2. The summed E-state index contributed by atoms with van der Waals surface area (Å²) in [6.45, 7) is 2.60. The molecule has 0 radical (unpaired) electrons. The fraction of sp³-hybridized carbons (Fsp3) is 0.846. The van der Waals surface area contributed by atoms with Gasteiger partial charge in [0.2, 0.25) is 5.91 Å². The first-order valence-electron chi connectivity index (χ1n) is 6.79. The topological polar surface area (TPSA) is 67.4 Å². The number of hydrogen-bond donors (Lipinski definition) is 2. The Labute approximate surface area is 109 Å². The van der Waals surface area contributed by atoms with E-state index < -0.39 is 0 Å². The van der Waals surface area contributed by atoms with Gasteiger partial charge in [-0.15, -0.1) is 0 Å². The summed E-state index contributed by atoms with van der Waals surface area (Å²) in [6, 6.07) is 0. The van der Waals surface area contributed by atoms with Gasteiger partial charge >= 0.3 is 5.97 Å². The molecule has 0 spiro atoms. The molecule has 1 saturated heterocycles. The molecule has 1 rings (SSSR count). The zero-order valence-electron chi connectivity index (χ0n) is 11.2. The third-order valence-electron chi connectivity index (χ3n) is 3.29. The van der Waals surface area contributed by atoms with Crippen molar-refractivity contribution in [2.45, 2.75) is 38.5 Å². The number of esters is 1. The molecule has 1 fully saturated rings. The molecule has 1 aliphatic heterocycles. The quantitative estimate of drug-likeness (QED) is 0.523. The standard InChI is InChI=1S/C13H24N2O3/c1-18-12(16)5-3-2-4-8-15-13(17)11-6-9-14-10-7-11/h11,14H,2-10H2,1H3,(H,15,17). The Bertz CT molecular complexity index is 263. The van der Waals surface area contributed by atoms with E-state index in [4.69, 9.17) is 0 Å². The number of hydrogen-bond acceptors (Lipinski definition) is 4. The Balaban J connectivity index is 1.96. The molecule has 0 saturated carbocycles. The van der Waals surface area contributed by atoms with Gasteiger partial charge in [0.25, 0.3) is 0 Å². The minimum Gasteiger partial charge on any atom is -0.469 e. The van der Waals surface area contributed by atoms with E-state index in [0.29, 0.717) is 13.0 Å². The average Bonchev–Trinajstić information content (AvgIpc) is 2.43. The Morgan fingerprint density at radius 1 is 1.22 bits per heavy atom. The van der Waals surface area contributed by atoms with Crippen molar-refractivity contribution < 1.29 is 14.3 Å². The molecule has 2 N–H and O–H groups in total. The maximum atomic E-state index is 11.8. The smallest absolute Gasteiger partial charge is 0.305 e. The van der Waals surface area contributed by atoms with Gasteiger partial charge in [-0.25, -0.2) is 0 Å². The fourth-order valence-electron chi connectivity index (χ4n) is 2.11. The van der Waals surface area contributed by atoms with Crippen LogP contribution in [0.3, 0.4) is 0 Å². The van der Waals surface area contributed by atoms with Gasteiger partial charge in [0.1, 0.15) is 0 Å². The number of nitrogens with one attached hydrogen (secondary N) is 2. The third kappa shape index (κ3) is 6.00. The van der Waals surface area contributed by atoms with Gasteiger partial charge in [-0.05, 0) is 38.8 Å². The predicted molar refractivity (Wildman–Crippen MR) is 69.1 cm³/mol. The molecule has 5 heteroatoms. The highest BCUT2D eigenvalue weighted by atomic mass is 16.5. The lowest BCUT2D eigenvalue weighted by molar-refractivity contribution is -0.140. The number of carbonyl (C=O) groups excluding carboxylic acids is 2. The van der Waals surface area contributed by atoms with Crippen LogP contribution in [0.4, 0.5) is 0 Å². The molecule has 5 nitrogen and oxygen atoms in total. The number of piperidine rings is 1. The second-order valence-corrected chi connectivity index (χ2v) is 4.70. The molecular formula is C13H24N2O3. The summed E-state index contributed by atoms with van der Waals surface area (Å²) in [4.78, 5) is 22.6. The molecule has 0 aromatic carbocycles. The molecule has 0 aromatic heterocycles. The van der Waals surface area contributed by atoms with E-state index in [1.165, 1.54) is 7.11 Å². The number of amides is 1. The van der Waals surface area contributed by atoms with Crippen molar-refractivity contribution in [2.24, 2.45) is 5.92 Å². The van der Waals surface area contributed by atoms with E-state index in [1.54, 1.807) is 0 Å². The lowest BCUT2D eigenvalue weighted by Crippen LogP contribution is -2.38. The van der Waals surface area contributed by atoms with Crippen molar-refractivity contribution in [2.75, 3.05) is 26.7 Å². The Morgan fingerprint density at radius 2 is 1.94 bits per heavy atom. The van der Waals surface area contributed by atoms with Gasteiger partial charge in [-0.2, -0.15) is 0 Å². The highest BCUT2D eigenvalue weighted by Gasteiger charge is 2.19.